The summed E-state index contributed by atoms with van der Waals surface area (Å²) >= 11 is 9.41. The van der Waals surface area contributed by atoms with Crippen LogP contribution in [0, 0.1) is 0 Å². The van der Waals surface area contributed by atoms with Gasteiger partial charge < -0.3 is 42.6 Å². The third kappa shape index (κ3) is 9.15. The van der Waals surface area contributed by atoms with E-state index in [1.807, 2.05) is 0 Å². The normalized spacial score (nSPS) is 34.2. The van der Waals surface area contributed by atoms with Crippen molar-refractivity contribution in [3.63, 3.8) is 0 Å². The van der Waals surface area contributed by atoms with Crippen molar-refractivity contribution in [1.29, 1.82) is 0 Å². The van der Waals surface area contributed by atoms with Crippen LogP contribution in [-0.2, 0) is 60.8 Å². The summed E-state index contributed by atoms with van der Waals surface area (Å²) in [7, 11) is -4.83. The third-order valence-corrected chi connectivity index (χ3v) is 14.3. The fraction of sp³-hybridized carbons (Fsp3) is 0.667. The van der Waals surface area contributed by atoms with Crippen molar-refractivity contribution in [1.82, 2.24) is 28.7 Å². The molecule has 0 aliphatic carbocycles. The van der Waals surface area contributed by atoms with E-state index in [4.69, 9.17) is 56.2 Å². The number of ether oxygens (including phenoxy) is 9. The number of halogens is 3. The minimum absolute atomic E-state index is 0.0369. The number of fused-ring (bicyclic) bond motifs is 3. The van der Waals surface area contributed by atoms with E-state index in [-0.39, 0.29) is 13.4 Å². The molecule has 0 amide bonds. The van der Waals surface area contributed by atoms with Gasteiger partial charge in [0.1, 0.15) is 54.9 Å². The number of hydrogen-bond donors (Lipinski definition) is 3. The Bertz CT molecular complexity index is 2500. The topological polar surface area (TPSA) is 292 Å². The lowest BCUT2D eigenvalue weighted by Crippen LogP contribution is -2.37. The molecule has 3 N–H and O–H groups in total. The Balaban J connectivity index is 0.999. The zero-order valence-electron chi connectivity index (χ0n) is 35.0. The molecule has 0 unspecified atom stereocenters. The fourth-order valence-corrected chi connectivity index (χ4v) is 10.8. The molecule has 6 aliphatic rings. The van der Waals surface area contributed by atoms with Gasteiger partial charge in [0, 0.05) is 18.6 Å². The highest BCUT2D eigenvalue weighted by atomic mass is 79.9. The number of phosphoric ester groups is 1. The van der Waals surface area contributed by atoms with Gasteiger partial charge in [-0.05, 0) is 89.3 Å². The number of rotatable bonds is 12. The van der Waals surface area contributed by atoms with Gasteiger partial charge in [0.25, 0.3) is 16.7 Å². The molecule has 0 spiro atoms. The number of hydrogen-bond acceptors (Lipinski definition) is 19. The lowest BCUT2D eigenvalue weighted by molar-refractivity contribution is -0.203. The first-order valence-electron chi connectivity index (χ1n) is 20.0. The molecule has 6 fully saturated rings. The molecule has 6 aliphatic heterocycles. The Hall–Kier alpha value is -2.77. The van der Waals surface area contributed by atoms with Crippen LogP contribution in [0.1, 0.15) is 60.2 Å². The maximum absolute atomic E-state index is 15.1. The summed E-state index contributed by atoms with van der Waals surface area (Å²) in [6.45, 7) is 8.27. The molecule has 0 saturated carbocycles. The largest absolute Gasteiger partial charge is 0.475 e. The average molecular weight is 1130 g/mol. The summed E-state index contributed by atoms with van der Waals surface area (Å²) in [6.07, 6.45) is -8.51. The monoisotopic (exact) mass is 1130 g/mol. The Morgan fingerprint density at radius 1 is 0.492 bits per heavy atom. The van der Waals surface area contributed by atoms with Gasteiger partial charge in [0.2, 0.25) is 0 Å². The number of H-pyrrole nitrogens is 3. The molecule has 9 rings (SSSR count). The van der Waals surface area contributed by atoms with Gasteiger partial charge in [-0.1, -0.05) is 0 Å². The van der Waals surface area contributed by atoms with Crippen molar-refractivity contribution in [3.05, 3.63) is 94.5 Å². The molecule has 6 saturated heterocycles. The van der Waals surface area contributed by atoms with Crippen LogP contribution in [-0.4, -0.2) is 121 Å². The predicted molar refractivity (Wildman–Crippen MR) is 226 cm³/mol. The number of aromatic amines is 3. The molecular weight excluding hydrogens is 1090 g/mol. The number of nitrogens with zero attached hydrogens (tertiary/aromatic N) is 3. The van der Waals surface area contributed by atoms with Crippen LogP contribution < -0.4 is 33.7 Å². The molecule has 65 heavy (non-hydrogen) atoms. The van der Waals surface area contributed by atoms with Crippen molar-refractivity contribution >= 4 is 55.6 Å². The summed E-state index contributed by atoms with van der Waals surface area (Å²) in [4.78, 5) is 82.1. The van der Waals surface area contributed by atoms with Gasteiger partial charge in [0.15, 0.2) is 36.0 Å². The first kappa shape index (κ1) is 47.3. The summed E-state index contributed by atoms with van der Waals surface area (Å²) < 4.78 is 92.2. The van der Waals surface area contributed by atoms with Crippen molar-refractivity contribution in [2.24, 2.45) is 0 Å². The van der Waals surface area contributed by atoms with E-state index >= 15 is 4.57 Å². The van der Waals surface area contributed by atoms with Gasteiger partial charge in [-0.2, -0.15) is 0 Å². The summed E-state index contributed by atoms with van der Waals surface area (Å²) in [5.41, 5.74) is -4.40. The van der Waals surface area contributed by atoms with Gasteiger partial charge in [-0.15, -0.1) is 0 Å². The quantitative estimate of drug-likeness (QED) is 0.216. The maximum Gasteiger partial charge on any atom is 0.475 e. The highest BCUT2D eigenvalue weighted by molar-refractivity contribution is 9.11. The third-order valence-electron chi connectivity index (χ3n) is 11.2. The van der Waals surface area contributed by atoms with Crippen molar-refractivity contribution < 1.29 is 60.8 Å². The van der Waals surface area contributed by atoms with Crippen molar-refractivity contribution in [2.45, 2.75) is 133 Å². The van der Waals surface area contributed by atoms with E-state index in [1.165, 1.54) is 18.6 Å². The molecule has 3 aromatic rings. The first-order chi connectivity index (χ1) is 30.4. The van der Waals surface area contributed by atoms with E-state index in [0.29, 0.717) is 0 Å². The second kappa shape index (κ2) is 17.0. The zero-order chi connectivity index (χ0) is 46.7. The highest BCUT2D eigenvalue weighted by Crippen LogP contribution is 2.54. The van der Waals surface area contributed by atoms with Crippen LogP contribution in [0.2, 0.25) is 0 Å². The standard InChI is InChI=1S/C36H42Br3N6O19P/c1-34(2)59-19-16(56-28(22(19)62-34)43-7-13(37)25(46)40-31(43)49)10-53-65(52,54-11-17-20-23(63-35(3,4)60-20)29(57-17)44-8-14(38)26(47)41-32(44)50)55-12-18-21-24(64-36(5,6)61-21)30(58-18)45-9-15(39)27(48)42-33(45)51/h7-9,16-24,28-30H,10-12H2,1-6H3,(H,40,46,49)(H,41,47,50)(H,42,48,51)/t16-,17-,18-,19-,20-,21-,22-,23-,24-,28-,29-,30-/m1/s1. The summed E-state index contributed by atoms with van der Waals surface area (Å²) in [5, 5.41) is 0. The van der Waals surface area contributed by atoms with Gasteiger partial charge in [0.05, 0.1) is 33.2 Å². The van der Waals surface area contributed by atoms with E-state index in [9.17, 15) is 28.8 Å². The SMILES string of the molecule is CC1(C)O[C@@H]2[C@H](O1)[C@@H](COP(=O)(OC[C@H]1O[C@@H](n3cc(Br)c(=O)[nH]c3=O)[C@@H]3OC(C)(C)O[C@@H]31)OC[C@H]1O[C@@H](n3cc(Br)c(=O)[nH]c3=O)[C@@H]3OC(C)(C)O[C@@H]31)O[C@H]2n1cc(Br)c(=O)[nH]c1=O. The van der Waals surface area contributed by atoms with E-state index in [0.717, 1.165) is 13.7 Å². The molecule has 9 heterocycles. The number of phosphoric acid groups is 1. The average Bonchev–Trinajstić information content (AvgIpc) is 4.03. The smallest absolute Gasteiger partial charge is 0.346 e. The van der Waals surface area contributed by atoms with E-state index in [2.05, 4.69) is 62.7 Å². The van der Waals surface area contributed by atoms with Gasteiger partial charge in [-0.25, -0.2) is 18.9 Å². The predicted octanol–water partition coefficient (Wildman–Crippen LogP) is 1.33. The minimum atomic E-state index is -4.83. The Morgan fingerprint density at radius 2 is 0.738 bits per heavy atom. The first-order valence-corrected chi connectivity index (χ1v) is 23.8. The Morgan fingerprint density at radius 3 is 1.00 bits per heavy atom. The number of aromatic nitrogens is 6. The molecular formula is C36H42Br3N6O19P. The number of nitrogens with one attached hydrogen (secondary N) is 3. The van der Waals surface area contributed by atoms with Crippen molar-refractivity contribution in [2.75, 3.05) is 19.8 Å². The lowest BCUT2D eigenvalue weighted by Gasteiger charge is -2.28. The van der Waals surface area contributed by atoms with Crippen LogP contribution in [0.5, 0.6) is 0 Å². The zero-order valence-corrected chi connectivity index (χ0v) is 40.6. The maximum atomic E-state index is 15.1. The molecule has 356 valence electrons. The molecule has 12 atom stereocenters. The molecule has 0 radical (unpaired) electrons. The van der Waals surface area contributed by atoms with Crippen LogP contribution in [0.25, 0.3) is 0 Å². The summed E-state index contributed by atoms with van der Waals surface area (Å²) in [6, 6.07) is 0. The van der Waals surface area contributed by atoms with E-state index < -0.39 is 152 Å². The molecule has 29 heteroatoms. The highest BCUT2D eigenvalue weighted by Gasteiger charge is 2.60. The molecule has 3 aromatic heterocycles. The van der Waals surface area contributed by atoms with Crippen LogP contribution in [0.3, 0.4) is 0 Å². The molecule has 0 aromatic carbocycles. The van der Waals surface area contributed by atoms with Crippen LogP contribution in [0.4, 0.5) is 0 Å². The minimum Gasteiger partial charge on any atom is -0.346 e. The Labute approximate surface area is 390 Å². The van der Waals surface area contributed by atoms with Crippen LogP contribution in [0.15, 0.2) is 60.8 Å². The van der Waals surface area contributed by atoms with Gasteiger partial charge in [-0.3, -0.25) is 56.6 Å². The fourth-order valence-electron chi connectivity index (χ4n) is 8.61. The molecule has 25 nitrogen and oxygen atoms in total. The molecule has 0 bridgehead atoms. The van der Waals surface area contributed by atoms with E-state index in [1.54, 1.807) is 41.5 Å². The summed E-state index contributed by atoms with van der Waals surface area (Å²) in [5.74, 6) is -3.51. The second-order valence-corrected chi connectivity index (χ2v) is 21.4. The van der Waals surface area contributed by atoms with Crippen molar-refractivity contribution in [3.8, 4) is 0 Å². The Kier molecular flexibility index (Phi) is 12.4. The van der Waals surface area contributed by atoms with Crippen LogP contribution >= 0.6 is 55.6 Å². The second-order valence-electron chi connectivity index (χ2n) is 17.2. The lowest BCUT2D eigenvalue weighted by atomic mass is 10.1. The van der Waals surface area contributed by atoms with Gasteiger partial charge >= 0.3 is 24.9 Å².